The molecule has 0 aliphatic carbocycles. The maximum Gasteiger partial charge on any atom is 0.293 e. The molecular weight excluding hydrogens is 308 g/mol. The average molecular weight is 329 g/mol. The number of piperazine rings is 1. The number of hydrogen-bond acceptors (Lipinski definition) is 5. The van der Waals surface area contributed by atoms with Crippen molar-refractivity contribution < 1.29 is 9.72 Å². The molecule has 1 fully saturated rings. The first-order valence-electron chi connectivity index (χ1n) is 6.97. The van der Waals surface area contributed by atoms with Crippen LogP contribution in [0, 0.1) is 17.0 Å². The zero-order valence-electron chi connectivity index (χ0n) is 12.7. The SMILES string of the molecule is Cc1cccc([N+](=O)[O-])c1NC(=O)CN1CCNC[C@H]1C.Cl. The highest BCUT2D eigenvalue weighted by Gasteiger charge is 2.22. The number of rotatable bonds is 4. The molecule has 0 bridgehead atoms. The van der Waals surface area contributed by atoms with E-state index in [1.165, 1.54) is 6.07 Å². The Balaban J connectivity index is 0.00000242. The number of nitrogens with one attached hydrogen (secondary N) is 2. The summed E-state index contributed by atoms with van der Waals surface area (Å²) in [5, 5.41) is 17.0. The number of halogens is 1. The van der Waals surface area contributed by atoms with E-state index < -0.39 is 4.92 Å². The second-order valence-electron chi connectivity index (χ2n) is 5.30. The van der Waals surface area contributed by atoms with Crippen molar-refractivity contribution in [1.82, 2.24) is 10.2 Å². The van der Waals surface area contributed by atoms with Gasteiger partial charge in [-0.2, -0.15) is 0 Å². The zero-order valence-corrected chi connectivity index (χ0v) is 13.5. The summed E-state index contributed by atoms with van der Waals surface area (Å²) in [6.45, 7) is 6.53. The van der Waals surface area contributed by atoms with E-state index in [2.05, 4.69) is 22.5 Å². The topological polar surface area (TPSA) is 87.5 Å². The van der Waals surface area contributed by atoms with Crippen molar-refractivity contribution in [2.45, 2.75) is 19.9 Å². The largest absolute Gasteiger partial charge is 0.319 e. The molecule has 7 nitrogen and oxygen atoms in total. The van der Waals surface area contributed by atoms with Gasteiger partial charge in [-0.25, -0.2) is 0 Å². The van der Waals surface area contributed by atoms with Gasteiger partial charge in [-0.15, -0.1) is 12.4 Å². The number of aryl methyl sites for hydroxylation is 1. The van der Waals surface area contributed by atoms with Crippen molar-refractivity contribution in [2.75, 3.05) is 31.5 Å². The van der Waals surface area contributed by atoms with Crippen LogP contribution in [0.5, 0.6) is 0 Å². The van der Waals surface area contributed by atoms with E-state index >= 15 is 0 Å². The van der Waals surface area contributed by atoms with Crippen LogP contribution in [-0.4, -0.2) is 48.0 Å². The van der Waals surface area contributed by atoms with Crippen LogP contribution in [0.1, 0.15) is 12.5 Å². The number of nitro benzene ring substituents is 1. The lowest BCUT2D eigenvalue weighted by molar-refractivity contribution is -0.384. The van der Waals surface area contributed by atoms with Crippen LogP contribution >= 0.6 is 12.4 Å². The Bertz CT molecular complexity index is 553. The molecule has 1 aliphatic rings. The lowest BCUT2D eigenvalue weighted by atomic mass is 10.1. The average Bonchev–Trinajstić information content (AvgIpc) is 2.43. The first kappa shape index (κ1) is 18.3. The zero-order chi connectivity index (χ0) is 15.4. The Labute approximate surface area is 135 Å². The van der Waals surface area contributed by atoms with Gasteiger partial charge in [-0.1, -0.05) is 12.1 Å². The van der Waals surface area contributed by atoms with Crippen molar-refractivity contribution in [3.8, 4) is 0 Å². The van der Waals surface area contributed by atoms with Crippen LogP contribution in [0.3, 0.4) is 0 Å². The molecule has 0 spiro atoms. The first-order chi connectivity index (χ1) is 9.99. The Kier molecular flexibility index (Phi) is 6.73. The minimum atomic E-state index is -0.476. The van der Waals surface area contributed by atoms with Gasteiger partial charge in [0.2, 0.25) is 5.91 Å². The number of carbonyl (C=O) groups is 1. The van der Waals surface area contributed by atoms with Gasteiger partial charge in [0.1, 0.15) is 5.69 Å². The van der Waals surface area contributed by atoms with Crippen molar-refractivity contribution >= 4 is 29.7 Å². The number of benzene rings is 1. The van der Waals surface area contributed by atoms with Gasteiger partial charge >= 0.3 is 0 Å². The van der Waals surface area contributed by atoms with Crippen LogP contribution < -0.4 is 10.6 Å². The summed E-state index contributed by atoms with van der Waals surface area (Å²) in [5.41, 5.74) is 0.901. The molecule has 0 saturated carbocycles. The minimum absolute atomic E-state index is 0. The Morgan fingerprint density at radius 2 is 2.27 bits per heavy atom. The Morgan fingerprint density at radius 1 is 1.55 bits per heavy atom. The number of amides is 1. The summed E-state index contributed by atoms with van der Waals surface area (Å²) in [4.78, 5) is 24.8. The molecule has 1 heterocycles. The summed E-state index contributed by atoms with van der Waals surface area (Å²) in [6.07, 6.45) is 0. The summed E-state index contributed by atoms with van der Waals surface area (Å²) in [5.74, 6) is -0.221. The molecule has 0 radical (unpaired) electrons. The molecular formula is C14H21ClN4O3. The number of nitrogens with zero attached hydrogens (tertiary/aromatic N) is 2. The van der Waals surface area contributed by atoms with Gasteiger partial charge < -0.3 is 10.6 Å². The number of nitro groups is 1. The molecule has 0 unspecified atom stereocenters. The summed E-state index contributed by atoms with van der Waals surface area (Å²) < 4.78 is 0. The molecule has 1 aromatic carbocycles. The fourth-order valence-electron chi connectivity index (χ4n) is 2.45. The maximum atomic E-state index is 12.2. The summed E-state index contributed by atoms with van der Waals surface area (Å²) >= 11 is 0. The van der Waals surface area contributed by atoms with Gasteiger partial charge in [0.05, 0.1) is 11.5 Å². The highest BCUT2D eigenvalue weighted by molar-refractivity contribution is 5.95. The van der Waals surface area contributed by atoms with Crippen molar-refractivity contribution in [2.24, 2.45) is 0 Å². The van der Waals surface area contributed by atoms with Crippen LogP contribution in [0.25, 0.3) is 0 Å². The minimum Gasteiger partial charge on any atom is -0.319 e. The predicted molar refractivity (Wildman–Crippen MR) is 87.6 cm³/mol. The molecule has 0 aromatic heterocycles. The quantitative estimate of drug-likeness (QED) is 0.647. The highest BCUT2D eigenvalue weighted by atomic mass is 35.5. The smallest absolute Gasteiger partial charge is 0.293 e. The van der Waals surface area contributed by atoms with Gasteiger partial charge in [0.25, 0.3) is 5.69 Å². The lowest BCUT2D eigenvalue weighted by Gasteiger charge is -2.33. The molecule has 8 heteroatoms. The molecule has 1 atom stereocenters. The Morgan fingerprint density at radius 3 is 2.91 bits per heavy atom. The maximum absolute atomic E-state index is 12.2. The molecule has 1 aliphatic heterocycles. The number of para-hydroxylation sites is 1. The molecule has 122 valence electrons. The fraction of sp³-hybridized carbons (Fsp3) is 0.500. The Hall–Kier alpha value is -1.70. The van der Waals surface area contributed by atoms with Gasteiger partial charge in [0, 0.05) is 31.7 Å². The third kappa shape index (κ3) is 4.40. The van der Waals surface area contributed by atoms with E-state index in [0.29, 0.717) is 5.56 Å². The number of anilines is 1. The van der Waals surface area contributed by atoms with Crippen LogP contribution in [0.4, 0.5) is 11.4 Å². The second-order valence-corrected chi connectivity index (χ2v) is 5.30. The molecule has 2 N–H and O–H groups in total. The van der Waals surface area contributed by atoms with E-state index in [4.69, 9.17) is 0 Å². The van der Waals surface area contributed by atoms with E-state index in [1.54, 1.807) is 19.1 Å². The summed E-state index contributed by atoms with van der Waals surface area (Å²) in [6, 6.07) is 5.03. The van der Waals surface area contributed by atoms with Crippen LogP contribution in [-0.2, 0) is 4.79 Å². The van der Waals surface area contributed by atoms with Crippen molar-refractivity contribution in [3.63, 3.8) is 0 Å². The van der Waals surface area contributed by atoms with E-state index in [0.717, 1.165) is 19.6 Å². The standard InChI is InChI=1S/C14H20N4O3.ClH/c1-10-4-3-5-12(18(20)21)14(10)16-13(19)9-17-7-6-15-8-11(17)2;/h3-5,11,15H,6-9H2,1-2H3,(H,16,19);1H/t11-;/m1./s1. The number of hydrogen-bond donors (Lipinski definition) is 2. The number of carbonyl (C=O) groups excluding carboxylic acids is 1. The lowest BCUT2D eigenvalue weighted by Crippen LogP contribution is -2.52. The van der Waals surface area contributed by atoms with E-state index in [-0.39, 0.29) is 42.3 Å². The van der Waals surface area contributed by atoms with Crippen molar-refractivity contribution in [3.05, 3.63) is 33.9 Å². The third-order valence-electron chi connectivity index (χ3n) is 3.70. The van der Waals surface area contributed by atoms with Crippen LogP contribution in [0.2, 0.25) is 0 Å². The van der Waals surface area contributed by atoms with Gasteiger partial charge in [-0.3, -0.25) is 19.8 Å². The normalized spacial score (nSPS) is 18.4. The highest BCUT2D eigenvalue weighted by Crippen LogP contribution is 2.27. The second kappa shape index (κ2) is 8.07. The molecule has 1 amide bonds. The fourth-order valence-corrected chi connectivity index (χ4v) is 2.45. The molecule has 22 heavy (non-hydrogen) atoms. The van der Waals surface area contributed by atoms with Gasteiger partial charge in [0.15, 0.2) is 0 Å². The summed E-state index contributed by atoms with van der Waals surface area (Å²) in [7, 11) is 0. The van der Waals surface area contributed by atoms with Gasteiger partial charge in [-0.05, 0) is 19.4 Å². The third-order valence-corrected chi connectivity index (χ3v) is 3.70. The van der Waals surface area contributed by atoms with E-state index in [9.17, 15) is 14.9 Å². The van der Waals surface area contributed by atoms with E-state index in [1.807, 2.05) is 0 Å². The molecule has 2 rings (SSSR count). The first-order valence-corrected chi connectivity index (χ1v) is 6.97. The molecule has 1 saturated heterocycles. The predicted octanol–water partition coefficient (Wildman–Crippen LogP) is 1.56. The van der Waals surface area contributed by atoms with Crippen LogP contribution in [0.15, 0.2) is 18.2 Å². The molecule has 1 aromatic rings. The monoisotopic (exact) mass is 328 g/mol. The van der Waals surface area contributed by atoms with Crippen molar-refractivity contribution in [1.29, 1.82) is 0 Å².